The van der Waals surface area contributed by atoms with Gasteiger partial charge in [-0.15, -0.1) is 0 Å². The molecule has 0 aliphatic carbocycles. The Kier molecular flexibility index (Phi) is 5.34. The summed E-state index contributed by atoms with van der Waals surface area (Å²) in [6.45, 7) is 5.15. The fourth-order valence-corrected chi connectivity index (χ4v) is 3.13. The minimum absolute atomic E-state index is 0.240. The van der Waals surface area contributed by atoms with Gasteiger partial charge in [0.2, 0.25) is 0 Å². The summed E-state index contributed by atoms with van der Waals surface area (Å²) >= 11 is 10.3. The number of nitrogens with one attached hydrogen (secondary N) is 1. The van der Waals surface area contributed by atoms with Crippen LogP contribution in [0.2, 0.25) is 5.02 Å². The van der Waals surface area contributed by atoms with Gasteiger partial charge in [0.15, 0.2) is 11.5 Å². The van der Waals surface area contributed by atoms with Gasteiger partial charge in [0.1, 0.15) is 11.3 Å². The normalized spacial score (nSPS) is 11.2. The molecule has 6 nitrogen and oxygen atoms in total. The van der Waals surface area contributed by atoms with Crippen LogP contribution in [0.15, 0.2) is 29.1 Å². The van der Waals surface area contributed by atoms with Gasteiger partial charge in [0.25, 0.3) is 0 Å². The molecule has 3 rings (SSSR count). The number of imidazole rings is 1. The number of rotatable bonds is 6. The molecule has 0 bridgehead atoms. The lowest BCUT2D eigenvalue weighted by Gasteiger charge is -2.08. The molecule has 0 fully saturated rings. The Hall–Kier alpha value is -1.99. The Labute approximate surface area is 156 Å². The summed E-state index contributed by atoms with van der Waals surface area (Å²) in [5.41, 5.74) is 1.91. The van der Waals surface area contributed by atoms with E-state index < -0.39 is 0 Å². The second kappa shape index (κ2) is 7.49. The standard InChI is InChI=1S/C17H20ClN5OS/c1-3-5-13-20-15(19-4-2)14-16(21-13)22(17(24)23(14)25)10-11-6-8-12(18)9-7-11/h6-9,25H,3-5,10H2,1-2H3,(H,19,20,21). The van der Waals surface area contributed by atoms with Gasteiger partial charge in [0, 0.05) is 18.0 Å². The lowest BCUT2D eigenvalue weighted by Crippen LogP contribution is -2.21. The van der Waals surface area contributed by atoms with Crippen LogP contribution < -0.4 is 11.0 Å². The highest BCUT2D eigenvalue weighted by atomic mass is 35.5. The van der Waals surface area contributed by atoms with Crippen LogP contribution in [0, 0.1) is 0 Å². The number of hydrogen-bond donors (Lipinski definition) is 2. The van der Waals surface area contributed by atoms with Crippen molar-refractivity contribution in [1.82, 2.24) is 18.5 Å². The largest absolute Gasteiger partial charge is 0.368 e. The minimum Gasteiger partial charge on any atom is -0.368 e. The van der Waals surface area contributed by atoms with Crippen molar-refractivity contribution in [3.63, 3.8) is 0 Å². The molecule has 2 aromatic heterocycles. The number of hydrogen-bond acceptors (Lipinski definition) is 5. The molecule has 132 valence electrons. The van der Waals surface area contributed by atoms with E-state index in [0.29, 0.717) is 35.1 Å². The lowest BCUT2D eigenvalue weighted by molar-refractivity contribution is 0.763. The summed E-state index contributed by atoms with van der Waals surface area (Å²) in [6, 6.07) is 7.42. The van der Waals surface area contributed by atoms with Gasteiger partial charge in [-0.3, -0.25) is 4.57 Å². The third-order valence-corrected chi connectivity index (χ3v) is 4.49. The zero-order valence-electron chi connectivity index (χ0n) is 14.2. The van der Waals surface area contributed by atoms with Gasteiger partial charge in [0.05, 0.1) is 6.54 Å². The number of aromatic nitrogens is 4. The molecule has 0 atom stereocenters. The Morgan fingerprint density at radius 1 is 1.20 bits per heavy atom. The molecule has 8 heteroatoms. The maximum atomic E-state index is 12.7. The van der Waals surface area contributed by atoms with Gasteiger partial charge >= 0.3 is 5.69 Å². The second-order valence-electron chi connectivity index (χ2n) is 5.75. The second-order valence-corrected chi connectivity index (χ2v) is 6.58. The fourth-order valence-electron chi connectivity index (χ4n) is 2.71. The number of aryl methyl sites for hydroxylation is 1. The Balaban J connectivity index is 2.18. The summed E-state index contributed by atoms with van der Waals surface area (Å²) < 4.78 is 2.92. The van der Waals surface area contributed by atoms with Crippen molar-refractivity contribution in [2.75, 3.05) is 11.9 Å². The smallest absolute Gasteiger partial charge is 0.340 e. The van der Waals surface area contributed by atoms with Crippen molar-refractivity contribution >= 4 is 41.4 Å². The first kappa shape index (κ1) is 17.8. The molecule has 0 amide bonds. The van der Waals surface area contributed by atoms with E-state index in [9.17, 15) is 4.79 Å². The van der Waals surface area contributed by atoms with Gasteiger partial charge in [-0.1, -0.05) is 43.5 Å². The highest BCUT2D eigenvalue weighted by Crippen LogP contribution is 2.22. The number of nitrogens with zero attached hydrogens (tertiary/aromatic N) is 4. The van der Waals surface area contributed by atoms with Crippen LogP contribution in [0.3, 0.4) is 0 Å². The van der Waals surface area contributed by atoms with Crippen molar-refractivity contribution in [3.05, 3.63) is 51.2 Å². The average molecular weight is 378 g/mol. The first-order valence-electron chi connectivity index (χ1n) is 8.24. The molecule has 0 aliphatic heterocycles. The number of anilines is 1. The highest BCUT2D eigenvalue weighted by molar-refractivity contribution is 7.78. The molecule has 0 saturated heterocycles. The van der Waals surface area contributed by atoms with Crippen molar-refractivity contribution in [2.24, 2.45) is 0 Å². The van der Waals surface area contributed by atoms with Gasteiger partial charge < -0.3 is 5.32 Å². The first-order chi connectivity index (χ1) is 12.0. The summed E-state index contributed by atoms with van der Waals surface area (Å²) in [7, 11) is 0. The van der Waals surface area contributed by atoms with E-state index in [-0.39, 0.29) is 5.69 Å². The van der Waals surface area contributed by atoms with Gasteiger partial charge in [-0.25, -0.2) is 18.7 Å². The zero-order valence-corrected chi connectivity index (χ0v) is 15.8. The first-order valence-corrected chi connectivity index (χ1v) is 9.02. The van der Waals surface area contributed by atoms with Crippen molar-refractivity contribution in [2.45, 2.75) is 33.2 Å². The molecular formula is C17H20ClN5OS. The topological polar surface area (TPSA) is 64.7 Å². The molecule has 1 N–H and O–H groups in total. The van der Waals surface area contributed by atoms with E-state index in [1.165, 1.54) is 3.97 Å². The Morgan fingerprint density at radius 3 is 2.56 bits per heavy atom. The van der Waals surface area contributed by atoms with Crippen LogP contribution in [0.4, 0.5) is 5.82 Å². The van der Waals surface area contributed by atoms with E-state index in [0.717, 1.165) is 24.2 Å². The van der Waals surface area contributed by atoms with E-state index in [2.05, 4.69) is 35.0 Å². The SMILES string of the molecule is CCCc1nc(NCC)c2c(n1)n(Cc1ccc(Cl)cc1)c(=O)n2S. The van der Waals surface area contributed by atoms with Crippen LogP contribution in [0.1, 0.15) is 31.7 Å². The van der Waals surface area contributed by atoms with E-state index in [4.69, 9.17) is 11.6 Å². The maximum absolute atomic E-state index is 12.7. The predicted octanol–water partition coefficient (Wildman–Crippen LogP) is 3.37. The van der Waals surface area contributed by atoms with Crippen LogP contribution in [-0.4, -0.2) is 25.1 Å². The Bertz CT molecular complexity index is 948. The monoisotopic (exact) mass is 377 g/mol. The lowest BCUT2D eigenvalue weighted by atomic mass is 10.2. The Morgan fingerprint density at radius 2 is 1.92 bits per heavy atom. The van der Waals surface area contributed by atoms with Crippen LogP contribution in [0.5, 0.6) is 0 Å². The fraction of sp³-hybridized carbons (Fsp3) is 0.353. The van der Waals surface area contributed by atoms with E-state index in [1.54, 1.807) is 4.57 Å². The molecule has 25 heavy (non-hydrogen) atoms. The van der Waals surface area contributed by atoms with Gasteiger partial charge in [-0.2, -0.15) is 0 Å². The third-order valence-electron chi connectivity index (χ3n) is 3.86. The summed E-state index contributed by atoms with van der Waals surface area (Å²) in [6.07, 6.45) is 1.68. The van der Waals surface area contributed by atoms with E-state index >= 15 is 0 Å². The average Bonchev–Trinajstić information content (AvgIpc) is 2.82. The molecule has 0 aliphatic rings. The predicted molar refractivity (Wildman–Crippen MR) is 105 cm³/mol. The molecule has 2 heterocycles. The van der Waals surface area contributed by atoms with Crippen molar-refractivity contribution < 1.29 is 0 Å². The van der Waals surface area contributed by atoms with Crippen LogP contribution in [0.25, 0.3) is 11.2 Å². The molecule has 0 radical (unpaired) electrons. The highest BCUT2D eigenvalue weighted by Gasteiger charge is 2.19. The van der Waals surface area contributed by atoms with Gasteiger partial charge in [-0.05, 0) is 31.0 Å². The third kappa shape index (κ3) is 3.52. The van der Waals surface area contributed by atoms with E-state index in [1.807, 2.05) is 31.2 Å². The minimum atomic E-state index is -0.240. The molecule has 0 unspecified atom stereocenters. The summed E-state index contributed by atoms with van der Waals surface area (Å²) in [5.74, 6) is 1.35. The maximum Gasteiger partial charge on any atom is 0.340 e. The molecule has 0 saturated carbocycles. The number of benzene rings is 1. The zero-order chi connectivity index (χ0) is 18.0. The number of halogens is 1. The number of thiol groups is 1. The van der Waals surface area contributed by atoms with Crippen molar-refractivity contribution in [1.29, 1.82) is 0 Å². The molecule has 0 spiro atoms. The summed E-state index contributed by atoms with van der Waals surface area (Å²) in [5, 5.41) is 3.87. The van der Waals surface area contributed by atoms with Crippen molar-refractivity contribution in [3.8, 4) is 0 Å². The quantitative estimate of drug-likeness (QED) is 0.646. The summed E-state index contributed by atoms with van der Waals surface area (Å²) in [4.78, 5) is 21.9. The van der Waals surface area contributed by atoms with Crippen LogP contribution >= 0.6 is 24.4 Å². The molecule has 1 aromatic carbocycles. The molecular weight excluding hydrogens is 358 g/mol. The van der Waals surface area contributed by atoms with Crippen LogP contribution in [-0.2, 0) is 13.0 Å². The molecule has 3 aromatic rings. The number of fused-ring (bicyclic) bond motifs is 1.